The molecule has 0 aromatic heterocycles. The molecule has 2 amide bonds. The summed E-state index contributed by atoms with van der Waals surface area (Å²) in [5.74, 6) is 6.11. The SMILES string of the molecule is CC(C)(C)OC(=O)N(C(=O)O)c1ccc(C#CC2CC2)cc1[N+](=O)[O-]. The van der Waals surface area contributed by atoms with Gasteiger partial charge in [-0.2, -0.15) is 4.90 Å². The second-order valence-corrected chi connectivity index (χ2v) is 6.60. The number of nitro benzene ring substituents is 1. The van der Waals surface area contributed by atoms with E-state index in [-0.39, 0.29) is 10.6 Å². The predicted molar refractivity (Wildman–Crippen MR) is 89.4 cm³/mol. The monoisotopic (exact) mass is 346 g/mol. The molecule has 0 spiro atoms. The van der Waals surface area contributed by atoms with E-state index in [0.717, 1.165) is 18.9 Å². The first-order valence-corrected chi connectivity index (χ1v) is 7.64. The quantitative estimate of drug-likeness (QED) is 0.496. The number of carboxylic acid groups (broad SMARTS) is 1. The van der Waals surface area contributed by atoms with Crippen LogP contribution in [0.4, 0.5) is 21.0 Å². The molecule has 1 fully saturated rings. The lowest BCUT2D eigenvalue weighted by molar-refractivity contribution is -0.384. The highest BCUT2D eigenvalue weighted by atomic mass is 16.6. The summed E-state index contributed by atoms with van der Waals surface area (Å²) in [4.78, 5) is 34.5. The van der Waals surface area contributed by atoms with Gasteiger partial charge in [-0.1, -0.05) is 11.8 Å². The number of imide groups is 1. The number of amides is 2. The van der Waals surface area contributed by atoms with E-state index in [1.165, 1.54) is 12.1 Å². The van der Waals surface area contributed by atoms with Crippen LogP contribution in [0.2, 0.25) is 0 Å². The molecule has 0 unspecified atom stereocenters. The zero-order chi connectivity index (χ0) is 18.8. The number of rotatable bonds is 2. The van der Waals surface area contributed by atoms with Gasteiger partial charge in [0, 0.05) is 17.5 Å². The van der Waals surface area contributed by atoms with Crippen LogP contribution in [-0.4, -0.2) is 27.8 Å². The number of hydrogen-bond donors (Lipinski definition) is 1. The molecular formula is C17H18N2O6. The summed E-state index contributed by atoms with van der Waals surface area (Å²) in [5.41, 5.74) is -1.48. The predicted octanol–water partition coefficient (Wildman–Crippen LogP) is 3.78. The largest absolute Gasteiger partial charge is 0.464 e. The van der Waals surface area contributed by atoms with E-state index in [2.05, 4.69) is 11.8 Å². The van der Waals surface area contributed by atoms with Crippen LogP contribution in [0.1, 0.15) is 39.2 Å². The third-order valence-electron chi connectivity index (χ3n) is 3.18. The first-order valence-electron chi connectivity index (χ1n) is 7.64. The maximum absolute atomic E-state index is 12.2. The Kier molecular flexibility index (Phi) is 4.97. The van der Waals surface area contributed by atoms with Gasteiger partial charge in [0.15, 0.2) is 0 Å². The smallest absolute Gasteiger partial charge is 0.424 e. The van der Waals surface area contributed by atoms with Crippen LogP contribution in [0.5, 0.6) is 0 Å². The fraction of sp³-hybridized carbons (Fsp3) is 0.412. The number of hydrogen-bond acceptors (Lipinski definition) is 5. The lowest BCUT2D eigenvalue weighted by Crippen LogP contribution is -2.40. The second-order valence-electron chi connectivity index (χ2n) is 6.60. The van der Waals surface area contributed by atoms with Crippen molar-refractivity contribution >= 4 is 23.6 Å². The fourth-order valence-corrected chi connectivity index (χ4v) is 1.94. The van der Waals surface area contributed by atoms with Crippen LogP contribution in [-0.2, 0) is 4.74 Å². The molecule has 0 heterocycles. The summed E-state index contributed by atoms with van der Waals surface area (Å²) in [6, 6.07) is 3.79. The lowest BCUT2D eigenvalue weighted by Gasteiger charge is -2.24. The van der Waals surface area contributed by atoms with Crippen molar-refractivity contribution in [3.63, 3.8) is 0 Å². The van der Waals surface area contributed by atoms with Crippen molar-refractivity contribution in [2.45, 2.75) is 39.2 Å². The van der Waals surface area contributed by atoms with E-state index >= 15 is 0 Å². The Hall–Kier alpha value is -3.08. The molecule has 0 radical (unpaired) electrons. The van der Waals surface area contributed by atoms with Gasteiger partial charge in [0.25, 0.3) is 5.69 Å². The number of ether oxygens (including phenoxy) is 1. The molecule has 0 aliphatic heterocycles. The average Bonchev–Trinajstić information content (AvgIpc) is 3.27. The summed E-state index contributed by atoms with van der Waals surface area (Å²) >= 11 is 0. The zero-order valence-corrected chi connectivity index (χ0v) is 14.1. The molecule has 132 valence electrons. The third kappa shape index (κ3) is 4.94. The van der Waals surface area contributed by atoms with E-state index in [0.29, 0.717) is 11.5 Å². The first-order chi connectivity index (χ1) is 11.6. The Morgan fingerprint density at radius 1 is 1.36 bits per heavy atom. The molecule has 1 aromatic carbocycles. The molecule has 1 aromatic rings. The molecule has 0 bridgehead atoms. The molecule has 2 rings (SSSR count). The van der Waals surface area contributed by atoms with Crippen LogP contribution in [0.15, 0.2) is 18.2 Å². The van der Waals surface area contributed by atoms with Gasteiger partial charge in [-0.05, 0) is 45.7 Å². The van der Waals surface area contributed by atoms with Crippen molar-refractivity contribution in [1.82, 2.24) is 0 Å². The molecule has 25 heavy (non-hydrogen) atoms. The van der Waals surface area contributed by atoms with Crippen LogP contribution in [0, 0.1) is 27.9 Å². The van der Waals surface area contributed by atoms with Gasteiger partial charge in [-0.15, -0.1) is 0 Å². The van der Waals surface area contributed by atoms with E-state index in [1.807, 2.05) is 0 Å². The van der Waals surface area contributed by atoms with Gasteiger partial charge in [0.1, 0.15) is 11.3 Å². The van der Waals surface area contributed by atoms with E-state index in [9.17, 15) is 24.8 Å². The number of carbonyl (C=O) groups excluding carboxylic acids is 1. The van der Waals surface area contributed by atoms with E-state index in [1.54, 1.807) is 20.8 Å². The Morgan fingerprint density at radius 3 is 2.48 bits per heavy atom. The standard InChI is InChI=1S/C17H18N2O6/c1-17(2,3)25-16(22)18(15(20)21)13-9-8-12(7-6-11-4-5-11)10-14(13)19(23)24/h8-11H,4-5H2,1-3H3,(H,20,21). The average molecular weight is 346 g/mol. The normalized spacial score (nSPS) is 13.4. The Balaban J connectivity index is 2.42. The third-order valence-corrected chi connectivity index (χ3v) is 3.18. The van der Waals surface area contributed by atoms with Gasteiger partial charge in [0.2, 0.25) is 0 Å². The van der Waals surface area contributed by atoms with E-state index in [4.69, 9.17) is 4.74 Å². The fourth-order valence-electron chi connectivity index (χ4n) is 1.94. The van der Waals surface area contributed by atoms with Crippen LogP contribution < -0.4 is 4.90 Å². The maximum atomic E-state index is 12.2. The molecule has 1 saturated carbocycles. The topological polar surface area (TPSA) is 110 Å². The molecule has 8 heteroatoms. The molecule has 8 nitrogen and oxygen atoms in total. The van der Waals surface area contributed by atoms with Crippen molar-refractivity contribution in [2.75, 3.05) is 4.90 Å². The first kappa shape index (κ1) is 18.3. The van der Waals surface area contributed by atoms with Crippen molar-refractivity contribution in [3.8, 4) is 11.8 Å². The van der Waals surface area contributed by atoms with Crippen LogP contribution >= 0.6 is 0 Å². The van der Waals surface area contributed by atoms with Gasteiger partial charge < -0.3 is 9.84 Å². The number of nitrogens with zero attached hydrogens (tertiary/aromatic N) is 2. The Bertz CT molecular complexity index is 781. The zero-order valence-electron chi connectivity index (χ0n) is 14.1. The Morgan fingerprint density at radius 2 is 2.00 bits per heavy atom. The van der Waals surface area contributed by atoms with Gasteiger partial charge >= 0.3 is 12.2 Å². The minimum Gasteiger partial charge on any atom is -0.464 e. The molecule has 1 N–H and O–H groups in total. The summed E-state index contributed by atoms with van der Waals surface area (Å²) < 4.78 is 5.02. The summed E-state index contributed by atoms with van der Waals surface area (Å²) in [6.07, 6.45) is -0.855. The van der Waals surface area contributed by atoms with Gasteiger partial charge in [0.05, 0.1) is 4.92 Å². The number of benzene rings is 1. The highest BCUT2D eigenvalue weighted by Gasteiger charge is 2.33. The maximum Gasteiger partial charge on any atom is 0.424 e. The minimum atomic E-state index is -1.67. The van der Waals surface area contributed by atoms with Crippen LogP contribution in [0.3, 0.4) is 0 Å². The molecule has 0 atom stereocenters. The molecule has 0 saturated heterocycles. The minimum absolute atomic E-state index is 0.224. The van der Waals surface area contributed by atoms with E-state index < -0.39 is 28.4 Å². The molecule has 1 aliphatic carbocycles. The number of anilines is 1. The molecule has 1 aliphatic rings. The second kappa shape index (κ2) is 6.81. The summed E-state index contributed by atoms with van der Waals surface area (Å²) in [7, 11) is 0. The highest BCUT2D eigenvalue weighted by Crippen LogP contribution is 2.31. The van der Waals surface area contributed by atoms with Crippen molar-refractivity contribution < 1.29 is 24.4 Å². The number of nitro groups is 1. The Labute approximate surface area is 144 Å². The van der Waals surface area contributed by atoms with Crippen molar-refractivity contribution in [2.24, 2.45) is 5.92 Å². The van der Waals surface area contributed by atoms with Crippen molar-refractivity contribution in [1.29, 1.82) is 0 Å². The van der Waals surface area contributed by atoms with Crippen LogP contribution in [0.25, 0.3) is 0 Å². The van der Waals surface area contributed by atoms with Gasteiger partial charge in [-0.3, -0.25) is 10.1 Å². The van der Waals surface area contributed by atoms with Gasteiger partial charge in [-0.25, -0.2) is 9.59 Å². The summed E-state index contributed by atoms with van der Waals surface area (Å²) in [5, 5.41) is 20.7. The summed E-state index contributed by atoms with van der Waals surface area (Å²) in [6.45, 7) is 4.70. The lowest BCUT2D eigenvalue weighted by atomic mass is 10.1. The number of carbonyl (C=O) groups is 2. The molecular weight excluding hydrogens is 328 g/mol. The van der Waals surface area contributed by atoms with Crippen molar-refractivity contribution in [3.05, 3.63) is 33.9 Å². The highest BCUT2D eigenvalue weighted by molar-refractivity contribution is 6.10.